The molecule has 2 aromatic carbocycles. The molecular weight excluding hydrogens is 504 g/mol. The molecule has 4 heterocycles. The largest absolute Gasteiger partial charge is 0.457 e. The second-order valence-corrected chi connectivity index (χ2v) is 11.2. The van der Waals surface area contributed by atoms with Crippen LogP contribution in [0, 0.1) is 6.92 Å². The van der Waals surface area contributed by atoms with Gasteiger partial charge in [0.05, 0.1) is 17.4 Å². The molecule has 1 aliphatic rings. The number of fused-ring (bicyclic) bond motifs is 2. The molecule has 0 saturated heterocycles. The van der Waals surface area contributed by atoms with Gasteiger partial charge in [0.1, 0.15) is 29.1 Å². The molecule has 9 nitrogen and oxygen atoms in total. The zero-order valence-electron chi connectivity index (χ0n) is 23.4. The van der Waals surface area contributed by atoms with Gasteiger partial charge in [-0.05, 0) is 75.6 Å². The third-order valence-electron chi connectivity index (χ3n) is 6.98. The first-order valence-corrected chi connectivity index (χ1v) is 13.3. The highest BCUT2D eigenvalue weighted by atomic mass is 16.6. The van der Waals surface area contributed by atoms with Crippen molar-refractivity contribution in [3.8, 4) is 17.2 Å². The molecular formula is C31H32N6O3. The number of rotatable bonds is 4. The van der Waals surface area contributed by atoms with Crippen LogP contribution in [0.4, 0.5) is 4.79 Å². The van der Waals surface area contributed by atoms with Crippen molar-refractivity contribution in [1.29, 1.82) is 0 Å². The summed E-state index contributed by atoms with van der Waals surface area (Å²) in [5.41, 5.74) is 6.21. The zero-order chi connectivity index (χ0) is 28.0. The van der Waals surface area contributed by atoms with Gasteiger partial charge in [0.25, 0.3) is 0 Å². The maximum Gasteiger partial charge on any atom is 0.410 e. The van der Waals surface area contributed by atoms with E-state index in [1.54, 1.807) is 17.6 Å². The lowest BCUT2D eigenvalue weighted by molar-refractivity contribution is 0.0273. The first-order valence-electron chi connectivity index (χ1n) is 13.3. The molecule has 6 rings (SSSR count). The van der Waals surface area contributed by atoms with E-state index in [9.17, 15) is 4.79 Å². The highest BCUT2D eigenvalue weighted by Crippen LogP contribution is 2.33. The molecule has 1 aliphatic heterocycles. The fourth-order valence-electron chi connectivity index (χ4n) is 5.04. The van der Waals surface area contributed by atoms with Crippen LogP contribution in [0.1, 0.15) is 38.3 Å². The van der Waals surface area contributed by atoms with Crippen LogP contribution in [0.15, 0.2) is 67.5 Å². The summed E-state index contributed by atoms with van der Waals surface area (Å²) >= 11 is 0. The van der Waals surface area contributed by atoms with Crippen LogP contribution in [-0.4, -0.2) is 53.8 Å². The van der Waals surface area contributed by atoms with Crippen molar-refractivity contribution in [2.24, 2.45) is 7.05 Å². The molecule has 204 valence electrons. The van der Waals surface area contributed by atoms with E-state index >= 15 is 0 Å². The average molecular weight is 537 g/mol. The average Bonchev–Trinajstić information content (AvgIpc) is 3.49. The standard InChI is InChI=1S/C31H32N6O3/c1-20-13-22(8-11-28(20)39-23-9-10-27-26(14-23)34-19-35(27)5)37-17-25(24-15-32-18-33-29(24)37)21-7-6-12-36(16-21)30(38)40-31(2,3)4/h7-11,13-15,17-19H,6,12,16H2,1-5H3. The molecule has 1 amide bonds. The van der Waals surface area contributed by atoms with Crippen LogP contribution in [0.3, 0.4) is 0 Å². The van der Waals surface area contributed by atoms with E-state index in [-0.39, 0.29) is 6.09 Å². The lowest BCUT2D eigenvalue weighted by Crippen LogP contribution is -2.39. The third-order valence-corrected chi connectivity index (χ3v) is 6.98. The van der Waals surface area contributed by atoms with Crippen molar-refractivity contribution in [2.45, 2.75) is 39.7 Å². The second-order valence-electron chi connectivity index (χ2n) is 11.2. The molecule has 9 heteroatoms. The minimum absolute atomic E-state index is 0.300. The lowest BCUT2D eigenvalue weighted by atomic mass is 10.0. The Balaban J connectivity index is 1.30. The van der Waals surface area contributed by atoms with E-state index in [0.717, 1.165) is 62.4 Å². The molecule has 0 unspecified atom stereocenters. The quantitative estimate of drug-likeness (QED) is 0.263. The smallest absolute Gasteiger partial charge is 0.410 e. The number of carbonyl (C=O) groups is 1. The number of aromatic nitrogens is 5. The monoisotopic (exact) mass is 536 g/mol. The summed E-state index contributed by atoms with van der Waals surface area (Å²) in [6, 6.07) is 12.0. The Kier molecular flexibility index (Phi) is 6.29. The fourth-order valence-corrected chi connectivity index (χ4v) is 5.04. The number of aryl methyl sites for hydroxylation is 2. The van der Waals surface area contributed by atoms with Gasteiger partial charge in [-0.3, -0.25) is 0 Å². The fraction of sp³-hybridized carbons (Fsp3) is 0.290. The number of carbonyl (C=O) groups excluding carboxylic acids is 1. The summed E-state index contributed by atoms with van der Waals surface area (Å²) in [7, 11) is 1.97. The molecule has 5 aromatic rings. The second kappa shape index (κ2) is 9.82. The predicted octanol–water partition coefficient (Wildman–Crippen LogP) is 6.43. The first-order chi connectivity index (χ1) is 19.2. The molecule has 0 N–H and O–H groups in total. The number of nitrogens with zero attached hydrogens (tertiary/aromatic N) is 6. The van der Waals surface area contributed by atoms with Gasteiger partial charge in [0.15, 0.2) is 0 Å². The van der Waals surface area contributed by atoms with E-state index in [2.05, 4.69) is 37.9 Å². The summed E-state index contributed by atoms with van der Waals surface area (Å²) in [5.74, 6) is 1.51. The molecule has 0 saturated carbocycles. The maximum absolute atomic E-state index is 12.8. The van der Waals surface area contributed by atoms with E-state index in [1.807, 2.05) is 75.8 Å². The number of benzene rings is 2. The molecule has 0 spiro atoms. The van der Waals surface area contributed by atoms with Gasteiger partial charge in [-0.1, -0.05) is 6.08 Å². The molecule has 40 heavy (non-hydrogen) atoms. The van der Waals surface area contributed by atoms with Gasteiger partial charge in [-0.2, -0.15) is 0 Å². The van der Waals surface area contributed by atoms with Crippen LogP contribution in [0.5, 0.6) is 11.5 Å². The normalized spacial score (nSPS) is 14.0. The van der Waals surface area contributed by atoms with E-state index < -0.39 is 5.60 Å². The minimum atomic E-state index is -0.540. The number of hydrogen-bond donors (Lipinski definition) is 0. The van der Waals surface area contributed by atoms with E-state index in [0.29, 0.717) is 13.1 Å². The summed E-state index contributed by atoms with van der Waals surface area (Å²) in [6.07, 6.45) is 9.91. The highest BCUT2D eigenvalue weighted by molar-refractivity contribution is 5.93. The Hall–Kier alpha value is -4.66. The third kappa shape index (κ3) is 4.90. The minimum Gasteiger partial charge on any atom is -0.457 e. The van der Waals surface area contributed by atoms with Crippen molar-refractivity contribution in [3.63, 3.8) is 0 Å². The first kappa shape index (κ1) is 25.6. The molecule has 0 radical (unpaired) electrons. The Morgan fingerprint density at radius 2 is 1.93 bits per heavy atom. The van der Waals surface area contributed by atoms with Gasteiger partial charge < -0.3 is 23.5 Å². The van der Waals surface area contributed by atoms with Crippen molar-refractivity contribution in [1.82, 2.24) is 29.0 Å². The van der Waals surface area contributed by atoms with Crippen LogP contribution < -0.4 is 4.74 Å². The van der Waals surface area contributed by atoms with E-state index in [1.165, 1.54) is 0 Å². The number of hydrogen-bond acceptors (Lipinski definition) is 6. The van der Waals surface area contributed by atoms with Crippen molar-refractivity contribution < 1.29 is 14.3 Å². The predicted molar refractivity (Wildman–Crippen MR) is 155 cm³/mol. The summed E-state index contributed by atoms with van der Waals surface area (Å²) in [6.45, 7) is 8.77. The maximum atomic E-state index is 12.8. The Bertz CT molecular complexity index is 1780. The molecule has 0 bridgehead atoms. The summed E-state index contributed by atoms with van der Waals surface area (Å²) in [5, 5.41) is 0.932. The van der Waals surface area contributed by atoms with Crippen molar-refractivity contribution in [2.75, 3.05) is 13.1 Å². The number of ether oxygens (including phenoxy) is 2. The van der Waals surface area contributed by atoms with E-state index in [4.69, 9.17) is 9.47 Å². The van der Waals surface area contributed by atoms with Crippen molar-refractivity contribution in [3.05, 3.63) is 78.6 Å². The topological polar surface area (TPSA) is 87.3 Å². The van der Waals surface area contributed by atoms with Gasteiger partial charge in [-0.25, -0.2) is 19.7 Å². The molecule has 0 fully saturated rings. The van der Waals surface area contributed by atoms with Gasteiger partial charge in [0.2, 0.25) is 0 Å². The Morgan fingerprint density at radius 3 is 2.73 bits per heavy atom. The zero-order valence-corrected chi connectivity index (χ0v) is 23.4. The van der Waals surface area contributed by atoms with Gasteiger partial charge >= 0.3 is 6.09 Å². The SMILES string of the molecule is Cc1cc(-n2cc(C3=CCCN(C(=O)OC(C)(C)C)C3)c3cncnc32)ccc1Oc1ccc2c(c1)ncn2C. The van der Waals surface area contributed by atoms with Crippen LogP contribution >= 0.6 is 0 Å². The van der Waals surface area contributed by atoms with Crippen LogP contribution in [0.2, 0.25) is 0 Å². The summed E-state index contributed by atoms with van der Waals surface area (Å²) < 4.78 is 15.9. The van der Waals surface area contributed by atoms with Crippen LogP contribution in [0.25, 0.3) is 33.3 Å². The number of amides is 1. The number of imidazole rings is 1. The highest BCUT2D eigenvalue weighted by Gasteiger charge is 2.26. The Morgan fingerprint density at radius 1 is 1.07 bits per heavy atom. The van der Waals surface area contributed by atoms with Crippen molar-refractivity contribution >= 4 is 33.7 Å². The van der Waals surface area contributed by atoms with Crippen LogP contribution in [-0.2, 0) is 11.8 Å². The summed E-state index contributed by atoms with van der Waals surface area (Å²) in [4.78, 5) is 27.9. The molecule has 0 aliphatic carbocycles. The molecule has 0 atom stereocenters. The van der Waals surface area contributed by atoms with Gasteiger partial charge in [-0.15, -0.1) is 0 Å². The Labute approximate surface area is 232 Å². The molecule has 3 aromatic heterocycles. The lowest BCUT2D eigenvalue weighted by Gasteiger charge is -2.30. The van der Waals surface area contributed by atoms with Gasteiger partial charge in [0, 0.05) is 55.2 Å².